The number of carbonyl (C=O) groups excluding carboxylic acids is 2. The van der Waals surface area contributed by atoms with Crippen molar-refractivity contribution in [2.24, 2.45) is 5.92 Å². The molecule has 0 atom stereocenters. The van der Waals surface area contributed by atoms with E-state index in [0.717, 1.165) is 16.6 Å². The number of piperidine rings is 1. The van der Waals surface area contributed by atoms with Gasteiger partial charge in [-0.3, -0.25) is 9.59 Å². The molecule has 0 radical (unpaired) electrons. The Morgan fingerprint density at radius 1 is 0.968 bits per heavy atom. The minimum atomic E-state index is -0.860. The number of halogens is 2. The quantitative estimate of drug-likeness (QED) is 0.663. The molecule has 2 amide bonds. The van der Waals surface area contributed by atoms with Crippen LogP contribution in [0.5, 0.6) is 0 Å². The second-order valence-corrected chi connectivity index (χ2v) is 9.54. The van der Waals surface area contributed by atoms with Crippen LogP contribution in [0, 0.1) is 17.6 Å². The maximum Gasteiger partial charge on any atom is 0.256 e. The number of para-hydroxylation sites is 1. The van der Waals surface area contributed by atoms with Gasteiger partial charge in [-0.25, -0.2) is 8.78 Å². The van der Waals surface area contributed by atoms with Gasteiger partial charge in [0.05, 0.1) is 11.3 Å². The number of hydrogen-bond acceptors (Lipinski definition) is 3. The molecule has 0 spiro atoms. The van der Waals surface area contributed by atoms with Gasteiger partial charge in [-0.2, -0.15) is 0 Å². The van der Waals surface area contributed by atoms with E-state index >= 15 is 0 Å². The molecular weight excluding hydrogens is 418 g/mol. The zero-order valence-corrected chi connectivity index (χ0v) is 18.1. The number of nitrogens with zero attached hydrogens (tertiary/aromatic N) is 1. The van der Waals surface area contributed by atoms with E-state index in [1.807, 2.05) is 30.0 Å². The van der Waals surface area contributed by atoms with Crippen LogP contribution in [0.25, 0.3) is 0 Å². The van der Waals surface area contributed by atoms with Gasteiger partial charge in [0.15, 0.2) is 0 Å². The smallest absolute Gasteiger partial charge is 0.256 e. The van der Waals surface area contributed by atoms with Crippen LogP contribution in [0.3, 0.4) is 0 Å². The lowest BCUT2D eigenvalue weighted by Crippen LogP contribution is -2.41. The maximum absolute atomic E-state index is 13.9. The molecule has 31 heavy (non-hydrogen) atoms. The van der Waals surface area contributed by atoms with Gasteiger partial charge in [-0.15, -0.1) is 11.8 Å². The van der Waals surface area contributed by atoms with Gasteiger partial charge in [-0.1, -0.05) is 25.0 Å². The molecule has 2 aliphatic rings. The normalized spacial score (nSPS) is 17.7. The molecule has 164 valence electrons. The van der Waals surface area contributed by atoms with Crippen LogP contribution in [0.4, 0.5) is 14.5 Å². The first-order chi connectivity index (χ1) is 15.0. The molecule has 1 saturated heterocycles. The van der Waals surface area contributed by atoms with Crippen LogP contribution in [-0.4, -0.2) is 35.1 Å². The Labute approximate surface area is 185 Å². The minimum absolute atomic E-state index is 0.0421. The van der Waals surface area contributed by atoms with Crippen molar-refractivity contribution in [2.75, 3.05) is 18.4 Å². The van der Waals surface area contributed by atoms with E-state index in [1.165, 1.54) is 36.6 Å². The summed E-state index contributed by atoms with van der Waals surface area (Å²) in [5.41, 5.74) is 0.707. The summed E-state index contributed by atoms with van der Waals surface area (Å²) in [6.07, 6.45) is 6.00. The van der Waals surface area contributed by atoms with Crippen molar-refractivity contribution >= 4 is 29.3 Å². The van der Waals surface area contributed by atoms with Crippen LogP contribution in [-0.2, 0) is 4.79 Å². The summed E-state index contributed by atoms with van der Waals surface area (Å²) in [6, 6.07) is 10.9. The average molecular weight is 445 g/mol. The van der Waals surface area contributed by atoms with E-state index < -0.39 is 17.5 Å². The molecule has 1 heterocycles. The van der Waals surface area contributed by atoms with Crippen LogP contribution >= 0.6 is 11.8 Å². The highest BCUT2D eigenvalue weighted by molar-refractivity contribution is 8.00. The third kappa shape index (κ3) is 5.26. The molecule has 1 saturated carbocycles. The molecule has 2 aromatic rings. The third-order valence-electron chi connectivity index (χ3n) is 6.06. The highest BCUT2D eigenvalue weighted by atomic mass is 32.2. The van der Waals surface area contributed by atoms with Gasteiger partial charge in [0.2, 0.25) is 5.91 Å². The molecule has 0 aromatic heterocycles. The Morgan fingerprint density at radius 3 is 2.39 bits per heavy atom. The average Bonchev–Trinajstić information content (AvgIpc) is 3.28. The fraction of sp³-hybridized carbons (Fsp3) is 0.417. The maximum atomic E-state index is 13.9. The van der Waals surface area contributed by atoms with Crippen molar-refractivity contribution < 1.29 is 18.4 Å². The molecule has 1 N–H and O–H groups in total. The van der Waals surface area contributed by atoms with Gasteiger partial charge in [-0.05, 0) is 49.9 Å². The van der Waals surface area contributed by atoms with Crippen LogP contribution < -0.4 is 5.32 Å². The molecule has 1 aliphatic carbocycles. The first-order valence-electron chi connectivity index (χ1n) is 10.8. The van der Waals surface area contributed by atoms with Gasteiger partial charge >= 0.3 is 0 Å². The number of anilines is 1. The lowest BCUT2D eigenvalue weighted by atomic mass is 9.95. The number of benzene rings is 2. The van der Waals surface area contributed by atoms with Gasteiger partial charge in [0.1, 0.15) is 11.6 Å². The van der Waals surface area contributed by atoms with Crippen molar-refractivity contribution in [3.05, 3.63) is 59.7 Å². The second-order valence-electron chi connectivity index (χ2n) is 8.20. The summed E-state index contributed by atoms with van der Waals surface area (Å²) >= 11 is 1.84. The van der Waals surface area contributed by atoms with Crippen molar-refractivity contribution in [3.63, 3.8) is 0 Å². The molecule has 1 aliphatic heterocycles. The standard InChI is InChI=1S/C24H26F2N2O2S/c25-17-9-10-19(20(26)15-17)24(30)28-13-11-16(12-14-28)23(29)27-21-7-3-4-8-22(21)31-18-5-1-2-6-18/h3-4,7-10,15-16,18H,1-2,5-6,11-14H2,(H,27,29). The highest BCUT2D eigenvalue weighted by Gasteiger charge is 2.29. The van der Waals surface area contributed by atoms with Gasteiger partial charge < -0.3 is 10.2 Å². The lowest BCUT2D eigenvalue weighted by molar-refractivity contribution is -0.121. The molecule has 0 unspecified atom stereocenters. The topological polar surface area (TPSA) is 49.4 Å². The van der Waals surface area contributed by atoms with E-state index in [0.29, 0.717) is 37.2 Å². The van der Waals surface area contributed by atoms with E-state index in [2.05, 4.69) is 11.4 Å². The number of thioether (sulfide) groups is 1. The minimum Gasteiger partial charge on any atom is -0.339 e. The third-order valence-corrected chi connectivity index (χ3v) is 7.47. The Bertz CT molecular complexity index is 954. The predicted octanol–water partition coefficient (Wildman–Crippen LogP) is 5.49. The highest BCUT2D eigenvalue weighted by Crippen LogP contribution is 2.38. The zero-order valence-electron chi connectivity index (χ0n) is 17.3. The molecular formula is C24H26F2N2O2S. The fourth-order valence-corrected chi connectivity index (χ4v) is 5.60. The largest absolute Gasteiger partial charge is 0.339 e. The van der Waals surface area contributed by atoms with E-state index in [-0.39, 0.29) is 17.4 Å². The molecule has 2 fully saturated rings. The monoisotopic (exact) mass is 444 g/mol. The second kappa shape index (κ2) is 9.81. The SMILES string of the molecule is O=C(Nc1ccccc1SC1CCCC1)C1CCN(C(=O)c2ccc(F)cc2F)CC1. The summed E-state index contributed by atoms with van der Waals surface area (Å²) in [4.78, 5) is 28.1. The number of likely N-dealkylation sites (tertiary alicyclic amines) is 1. The van der Waals surface area contributed by atoms with E-state index in [4.69, 9.17) is 0 Å². The Kier molecular flexibility index (Phi) is 6.90. The number of amides is 2. The zero-order chi connectivity index (χ0) is 21.8. The van der Waals surface area contributed by atoms with Crippen molar-refractivity contribution in [2.45, 2.75) is 48.7 Å². The van der Waals surface area contributed by atoms with Gasteiger partial charge in [0, 0.05) is 35.2 Å². The van der Waals surface area contributed by atoms with Gasteiger partial charge in [0.25, 0.3) is 5.91 Å². The van der Waals surface area contributed by atoms with Crippen LogP contribution in [0.15, 0.2) is 47.4 Å². The Balaban J connectivity index is 1.34. The number of hydrogen-bond donors (Lipinski definition) is 1. The van der Waals surface area contributed by atoms with E-state index in [9.17, 15) is 18.4 Å². The first kappa shape index (κ1) is 21.8. The van der Waals surface area contributed by atoms with E-state index in [1.54, 1.807) is 0 Å². The summed E-state index contributed by atoms with van der Waals surface area (Å²) in [6.45, 7) is 0.735. The summed E-state index contributed by atoms with van der Waals surface area (Å²) in [5.74, 6) is -2.28. The van der Waals surface area contributed by atoms with Crippen molar-refractivity contribution in [1.82, 2.24) is 4.90 Å². The van der Waals surface area contributed by atoms with Crippen molar-refractivity contribution in [1.29, 1.82) is 0 Å². The molecule has 4 rings (SSSR count). The summed E-state index contributed by atoms with van der Waals surface area (Å²) < 4.78 is 27.0. The molecule has 4 nitrogen and oxygen atoms in total. The predicted molar refractivity (Wildman–Crippen MR) is 118 cm³/mol. The van der Waals surface area contributed by atoms with Crippen LogP contribution in [0.1, 0.15) is 48.9 Å². The first-order valence-corrected chi connectivity index (χ1v) is 11.7. The van der Waals surface area contributed by atoms with Crippen LogP contribution in [0.2, 0.25) is 0 Å². The molecule has 0 bridgehead atoms. The van der Waals surface area contributed by atoms with Crippen molar-refractivity contribution in [3.8, 4) is 0 Å². The number of rotatable bonds is 5. The molecule has 2 aromatic carbocycles. The molecule has 7 heteroatoms. The Morgan fingerprint density at radius 2 is 1.68 bits per heavy atom. The lowest BCUT2D eigenvalue weighted by Gasteiger charge is -2.31. The number of nitrogens with one attached hydrogen (secondary N) is 1. The fourth-order valence-electron chi connectivity index (χ4n) is 4.27. The summed E-state index contributed by atoms with van der Waals surface area (Å²) in [5, 5.41) is 3.69. The Hall–Kier alpha value is -2.41. The number of carbonyl (C=O) groups is 2. The summed E-state index contributed by atoms with van der Waals surface area (Å²) in [7, 11) is 0.